The van der Waals surface area contributed by atoms with Crippen LogP contribution < -0.4 is 10.2 Å². The van der Waals surface area contributed by atoms with Crippen LogP contribution in [0.5, 0.6) is 0 Å². The quantitative estimate of drug-likeness (QED) is 0.195. The fraction of sp³-hybridized carbons (Fsp3) is 0.958. The van der Waals surface area contributed by atoms with Crippen molar-refractivity contribution in [3.8, 4) is 0 Å². The molecule has 6 N–H and O–H groups in total. The maximum Gasteiger partial charge on any atom is 2.00 e. The minimum atomic E-state index is -0.998. The van der Waals surface area contributed by atoms with E-state index in [9.17, 15) is 50.4 Å². The Balaban J connectivity index is 0.000000195. The normalized spacial score (nSPS) is 52.0. The zero-order chi connectivity index (χ0) is 42.3. The zero-order valence-electron chi connectivity index (χ0n) is 37.1. The topological polar surface area (TPSA) is 202 Å². The molecule has 0 bridgehead atoms. The van der Waals surface area contributed by atoms with Gasteiger partial charge in [0.25, 0.3) is 0 Å². The van der Waals surface area contributed by atoms with Crippen LogP contribution in [0.2, 0.25) is 0 Å². The van der Waals surface area contributed by atoms with E-state index < -0.39 is 24.1 Å². The predicted molar refractivity (Wildman–Crippen MR) is 221 cm³/mol. The van der Waals surface area contributed by atoms with Gasteiger partial charge >= 0.3 is 23.1 Å². The van der Waals surface area contributed by atoms with E-state index in [4.69, 9.17) is 0 Å². The van der Waals surface area contributed by atoms with Crippen LogP contribution in [0.25, 0.3) is 0 Å². The van der Waals surface area contributed by atoms with Crippen LogP contribution in [0.3, 0.4) is 0 Å². The van der Waals surface area contributed by atoms with Crippen LogP contribution in [0, 0.1) is 92.7 Å². The van der Waals surface area contributed by atoms with Crippen molar-refractivity contribution in [2.45, 2.75) is 194 Å². The first-order valence-electron chi connectivity index (χ1n) is 23.7. The average molecular weight is 839 g/mol. The summed E-state index contributed by atoms with van der Waals surface area (Å²) in [6, 6.07) is 0. The number of fused-ring (bicyclic) bond motifs is 10. The molecule has 8 aliphatic rings. The van der Waals surface area contributed by atoms with Gasteiger partial charge in [-0.05, 0) is 208 Å². The van der Waals surface area contributed by atoms with Crippen molar-refractivity contribution in [2.75, 3.05) is 0 Å². The number of hydrogen-bond acceptors (Lipinski definition) is 10. The van der Waals surface area contributed by atoms with Crippen molar-refractivity contribution >= 4 is 35.0 Å². The molecular weight excluding hydrogens is 761 g/mol. The monoisotopic (exact) mass is 839 g/mol. The maximum absolute atomic E-state index is 11.5. The van der Waals surface area contributed by atoms with E-state index >= 15 is 0 Å². The fourth-order valence-corrected chi connectivity index (χ4v) is 17.4. The van der Waals surface area contributed by atoms with Gasteiger partial charge < -0.3 is 50.4 Å². The predicted octanol–water partition coefficient (Wildman–Crippen LogP) is 3.85. The molecule has 10 nitrogen and oxygen atoms in total. The van der Waals surface area contributed by atoms with E-state index in [1.807, 2.05) is 0 Å². The summed E-state index contributed by atoms with van der Waals surface area (Å²) in [6.45, 7) is 13.3. The van der Waals surface area contributed by atoms with Gasteiger partial charge in [-0.1, -0.05) is 41.5 Å². The third-order valence-corrected chi connectivity index (χ3v) is 20.6. The van der Waals surface area contributed by atoms with Crippen molar-refractivity contribution in [1.82, 2.24) is 0 Å². The first-order valence-corrected chi connectivity index (χ1v) is 23.7. The Morgan fingerprint density at radius 3 is 1.24 bits per heavy atom. The Hall–Kier alpha value is -0.534. The fourth-order valence-electron chi connectivity index (χ4n) is 17.4. The second-order valence-electron chi connectivity index (χ2n) is 22.8. The largest absolute Gasteiger partial charge is 2.00 e. The van der Waals surface area contributed by atoms with Gasteiger partial charge in [0.2, 0.25) is 0 Å². The van der Waals surface area contributed by atoms with Crippen molar-refractivity contribution in [1.29, 1.82) is 0 Å². The number of aliphatic hydroxyl groups excluding tert-OH is 6. The molecule has 8 saturated carbocycles. The number of carboxylic acids is 2. The standard InChI is InChI=1S/2C24H40O5.Mg/c2*1-13(4-7-21(28)29)16-5-6-17-22-18(12-20(27)24(16,17)3)23(2)9-8-15(25)10-14(23)11-19(22)26;/h2*13-20,22,25-27H,4-12H2,1-3H3,(H,28,29);/q;;+2/p-2/t2*13?,14?,15-,16-,17+,18+,19-,20+,22+,23+,24-;/m11./s1. The van der Waals surface area contributed by atoms with Gasteiger partial charge in [0.15, 0.2) is 0 Å². The molecular formula is C48H78MgO10. The summed E-state index contributed by atoms with van der Waals surface area (Å²) in [5.74, 6) is 1.27. The first-order chi connectivity index (χ1) is 27.2. The Labute approximate surface area is 370 Å². The molecule has 332 valence electrons. The van der Waals surface area contributed by atoms with Gasteiger partial charge in [0, 0.05) is 11.9 Å². The van der Waals surface area contributed by atoms with Gasteiger partial charge in [0.1, 0.15) is 0 Å². The summed E-state index contributed by atoms with van der Waals surface area (Å²) in [7, 11) is 0. The van der Waals surface area contributed by atoms with E-state index in [1.165, 1.54) is 0 Å². The second-order valence-corrected chi connectivity index (χ2v) is 22.8. The van der Waals surface area contributed by atoms with Gasteiger partial charge in [-0.2, -0.15) is 0 Å². The SMILES string of the molecule is CC(CCC(=O)[O-])[C@H]1CC[C@H]2[C@@H]3[C@H](O)CC4C[C@H](O)CC[C@]4(C)[C@H]3C[C@H](O)[C@]12C.CC(CCC(=O)[O-])[C@H]1CC[C@H]2[C@@H]3[C@H](O)CC4C[C@H](O)CC[C@]4(C)[C@H]3C[C@H](O)[C@]12C.[Mg+2]. The van der Waals surface area contributed by atoms with E-state index in [1.54, 1.807) is 0 Å². The molecule has 0 aromatic heterocycles. The summed E-state index contributed by atoms with van der Waals surface area (Å²) in [5, 5.41) is 87.7. The molecule has 0 radical (unpaired) electrons. The number of aliphatic carboxylic acids is 2. The minimum absolute atomic E-state index is 0. The average Bonchev–Trinajstić information content (AvgIpc) is 3.70. The van der Waals surface area contributed by atoms with Gasteiger partial charge in [-0.3, -0.25) is 0 Å². The number of carbonyl (C=O) groups excluding carboxylic acids is 2. The van der Waals surface area contributed by atoms with Crippen LogP contribution in [-0.4, -0.2) is 102 Å². The van der Waals surface area contributed by atoms with Gasteiger partial charge in [-0.25, -0.2) is 0 Å². The molecule has 0 aliphatic heterocycles. The molecule has 8 rings (SSSR count). The number of rotatable bonds is 8. The van der Waals surface area contributed by atoms with Crippen LogP contribution >= 0.6 is 0 Å². The summed E-state index contributed by atoms with van der Waals surface area (Å²) in [6.07, 6.45) is 11.4. The number of carbonyl (C=O) groups is 2. The molecule has 0 spiro atoms. The summed E-state index contributed by atoms with van der Waals surface area (Å²) in [5.41, 5.74) is -0.343. The van der Waals surface area contributed by atoms with Gasteiger partial charge in [-0.15, -0.1) is 0 Å². The molecule has 59 heavy (non-hydrogen) atoms. The Morgan fingerprint density at radius 1 is 0.542 bits per heavy atom. The van der Waals surface area contributed by atoms with Crippen LogP contribution in [-0.2, 0) is 9.59 Å². The molecule has 0 aromatic rings. The molecule has 22 atom stereocenters. The van der Waals surface area contributed by atoms with Crippen molar-refractivity contribution in [3.05, 3.63) is 0 Å². The number of aliphatic hydroxyl groups is 6. The first kappa shape index (κ1) is 47.9. The third-order valence-electron chi connectivity index (χ3n) is 20.6. The summed E-state index contributed by atoms with van der Waals surface area (Å²) >= 11 is 0. The Morgan fingerprint density at radius 2 is 0.898 bits per heavy atom. The zero-order valence-corrected chi connectivity index (χ0v) is 38.6. The summed E-state index contributed by atoms with van der Waals surface area (Å²) < 4.78 is 0. The molecule has 8 aliphatic carbocycles. The number of carboxylic acid groups (broad SMARTS) is 2. The van der Waals surface area contributed by atoms with E-state index in [0.29, 0.717) is 36.5 Å². The number of hydrogen-bond donors (Lipinski definition) is 6. The van der Waals surface area contributed by atoms with Crippen LogP contribution in [0.4, 0.5) is 0 Å². The smallest absolute Gasteiger partial charge is 0.550 e. The second kappa shape index (κ2) is 17.8. The van der Waals surface area contributed by atoms with Crippen LogP contribution in [0.15, 0.2) is 0 Å². The van der Waals surface area contributed by atoms with E-state index in [0.717, 1.165) is 89.9 Å². The molecule has 4 unspecified atom stereocenters. The maximum atomic E-state index is 11.5. The molecule has 11 heteroatoms. The van der Waals surface area contributed by atoms with Gasteiger partial charge in [0.05, 0.1) is 36.6 Å². The third kappa shape index (κ3) is 8.13. The summed E-state index contributed by atoms with van der Waals surface area (Å²) in [4.78, 5) is 21.9. The van der Waals surface area contributed by atoms with Crippen molar-refractivity contribution in [2.24, 2.45) is 92.7 Å². The molecule has 0 heterocycles. The molecule has 0 aromatic carbocycles. The van der Waals surface area contributed by atoms with Crippen molar-refractivity contribution in [3.63, 3.8) is 0 Å². The Bertz CT molecular complexity index is 1390. The molecule has 8 fully saturated rings. The van der Waals surface area contributed by atoms with Crippen LogP contribution in [0.1, 0.15) is 157 Å². The van der Waals surface area contributed by atoms with E-state index in [-0.39, 0.29) is 129 Å². The molecule has 0 amide bonds. The van der Waals surface area contributed by atoms with Crippen molar-refractivity contribution < 1.29 is 50.4 Å². The molecule has 0 saturated heterocycles. The minimum Gasteiger partial charge on any atom is -0.550 e. The van der Waals surface area contributed by atoms with E-state index in [2.05, 4.69) is 41.5 Å². The Kier molecular flexibility index (Phi) is 14.5.